The molecule has 0 amide bonds. The Labute approximate surface area is 127 Å². The molecule has 3 N–H and O–H groups in total. The molecule has 0 saturated carbocycles. The van der Waals surface area contributed by atoms with Gasteiger partial charge in [-0.05, 0) is 40.4 Å². The van der Waals surface area contributed by atoms with Crippen molar-refractivity contribution in [3.63, 3.8) is 0 Å². The van der Waals surface area contributed by atoms with Crippen LogP contribution in [-0.2, 0) is 0 Å². The Morgan fingerprint density at radius 2 is 1.95 bits per heavy atom. The van der Waals surface area contributed by atoms with Crippen LogP contribution in [0.1, 0.15) is 30.3 Å². The summed E-state index contributed by atoms with van der Waals surface area (Å²) in [6.45, 7) is 8.74. The minimum Gasteiger partial charge on any atom is -0.409 e. The second-order valence-corrected chi connectivity index (χ2v) is 5.52. The highest BCUT2D eigenvalue weighted by Gasteiger charge is 2.18. The van der Waals surface area contributed by atoms with Gasteiger partial charge in [0.05, 0.1) is 16.9 Å². The summed E-state index contributed by atoms with van der Waals surface area (Å²) in [5, 5.41) is 12.2. The largest absolute Gasteiger partial charge is 0.409 e. The molecule has 1 aromatic heterocycles. The van der Waals surface area contributed by atoms with Crippen molar-refractivity contribution >= 4 is 11.5 Å². The highest BCUT2D eigenvalue weighted by atomic mass is 16.4. The van der Waals surface area contributed by atoms with Crippen molar-refractivity contribution in [3.05, 3.63) is 23.0 Å². The number of hydrogen-bond donors (Lipinski definition) is 2. The van der Waals surface area contributed by atoms with Gasteiger partial charge in [0.2, 0.25) is 0 Å². The van der Waals surface area contributed by atoms with E-state index in [-0.39, 0.29) is 5.84 Å². The second kappa shape index (κ2) is 7.83. The van der Waals surface area contributed by atoms with E-state index in [0.717, 1.165) is 48.7 Å². The minimum absolute atomic E-state index is 0.112. The van der Waals surface area contributed by atoms with Crippen molar-refractivity contribution in [3.8, 4) is 0 Å². The number of oxime groups is 1. The number of nitrogens with two attached hydrogens (primary N) is 1. The molecule has 0 bridgehead atoms. The van der Waals surface area contributed by atoms with E-state index in [1.54, 1.807) is 0 Å². The Hall–Kier alpha value is -1.82. The molecule has 0 aliphatic heterocycles. The first-order chi connectivity index (χ1) is 9.90. The molecule has 0 unspecified atom stereocenters. The topological polar surface area (TPSA) is 78.0 Å². The molecule has 1 aromatic rings. The molecule has 0 aliphatic carbocycles. The molecule has 0 aromatic carbocycles. The highest BCUT2D eigenvalue weighted by Crippen LogP contribution is 2.24. The molecule has 0 spiro atoms. The summed E-state index contributed by atoms with van der Waals surface area (Å²) in [6, 6.07) is 2.01. The zero-order valence-electron chi connectivity index (χ0n) is 13.7. The molecule has 118 valence electrons. The Kier molecular flexibility index (Phi) is 6.42. The summed E-state index contributed by atoms with van der Waals surface area (Å²) in [5.41, 5.74) is 9.28. The third-order valence-electron chi connectivity index (χ3n) is 3.32. The monoisotopic (exact) mass is 293 g/mol. The maximum Gasteiger partial charge on any atom is 0.174 e. The van der Waals surface area contributed by atoms with Crippen LogP contribution in [0.4, 0.5) is 5.69 Å². The molecule has 0 aliphatic rings. The molecular weight excluding hydrogens is 266 g/mol. The van der Waals surface area contributed by atoms with E-state index in [4.69, 9.17) is 10.9 Å². The number of likely N-dealkylation sites (N-methyl/N-ethyl adjacent to an activating group) is 1. The zero-order chi connectivity index (χ0) is 16.0. The van der Waals surface area contributed by atoms with Gasteiger partial charge in [-0.15, -0.1) is 0 Å². The van der Waals surface area contributed by atoms with Crippen molar-refractivity contribution in [2.24, 2.45) is 10.9 Å². The van der Waals surface area contributed by atoms with Crippen LogP contribution in [0.5, 0.6) is 0 Å². The fraction of sp³-hybridized carbons (Fsp3) is 0.600. The zero-order valence-corrected chi connectivity index (χ0v) is 13.7. The normalized spacial score (nSPS) is 12.0. The summed E-state index contributed by atoms with van der Waals surface area (Å²) in [6.07, 6.45) is 1.03. The molecule has 0 radical (unpaired) electrons. The first-order valence-corrected chi connectivity index (χ1v) is 7.26. The van der Waals surface area contributed by atoms with Crippen LogP contribution in [0.3, 0.4) is 0 Å². The summed E-state index contributed by atoms with van der Waals surface area (Å²) in [4.78, 5) is 8.85. The Morgan fingerprint density at radius 1 is 1.29 bits per heavy atom. The van der Waals surface area contributed by atoms with Crippen molar-refractivity contribution in [1.82, 2.24) is 9.88 Å². The number of pyridine rings is 1. The van der Waals surface area contributed by atoms with Gasteiger partial charge in [0, 0.05) is 25.3 Å². The first-order valence-electron chi connectivity index (χ1n) is 7.26. The van der Waals surface area contributed by atoms with Crippen LogP contribution >= 0.6 is 0 Å². The average Bonchev–Trinajstić information content (AvgIpc) is 2.41. The summed E-state index contributed by atoms with van der Waals surface area (Å²) in [7, 11) is 4.11. The van der Waals surface area contributed by atoms with Gasteiger partial charge in [-0.3, -0.25) is 4.98 Å². The maximum absolute atomic E-state index is 9.04. The van der Waals surface area contributed by atoms with Crippen LogP contribution in [-0.4, -0.2) is 54.7 Å². The SMILES string of the molecule is CCCN(CCN(C)C)c1cc(C)nc(C)c1/C(N)=N/O. The molecule has 0 atom stereocenters. The van der Waals surface area contributed by atoms with E-state index in [1.165, 1.54) is 0 Å². The number of amidine groups is 1. The lowest BCUT2D eigenvalue weighted by Gasteiger charge is -2.28. The third kappa shape index (κ3) is 4.60. The van der Waals surface area contributed by atoms with Crippen LogP contribution < -0.4 is 10.6 Å². The summed E-state index contributed by atoms with van der Waals surface area (Å²) >= 11 is 0. The fourth-order valence-electron chi connectivity index (χ4n) is 2.37. The van der Waals surface area contributed by atoms with Crippen molar-refractivity contribution < 1.29 is 5.21 Å². The predicted octanol–water partition coefficient (Wildman–Crippen LogP) is 1.57. The van der Waals surface area contributed by atoms with Gasteiger partial charge in [-0.1, -0.05) is 12.1 Å². The fourth-order valence-corrected chi connectivity index (χ4v) is 2.37. The third-order valence-corrected chi connectivity index (χ3v) is 3.32. The van der Waals surface area contributed by atoms with Crippen molar-refractivity contribution in [2.45, 2.75) is 27.2 Å². The van der Waals surface area contributed by atoms with Crippen LogP contribution in [0.25, 0.3) is 0 Å². The van der Waals surface area contributed by atoms with Gasteiger partial charge in [0.15, 0.2) is 5.84 Å². The quantitative estimate of drug-likeness (QED) is 0.345. The van der Waals surface area contributed by atoms with E-state index >= 15 is 0 Å². The van der Waals surface area contributed by atoms with Gasteiger partial charge >= 0.3 is 0 Å². The van der Waals surface area contributed by atoms with Gasteiger partial charge in [0.1, 0.15) is 0 Å². The molecule has 21 heavy (non-hydrogen) atoms. The average molecular weight is 293 g/mol. The minimum atomic E-state index is 0.112. The molecule has 1 rings (SSSR count). The summed E-state index contributed by atoms with van der Waals surface area (Å²) < 4.78 is 0. The maximum atomic E-state index is 9.04. The smallest absolute Gasteiger partial charge is 0.174 e. The number of aryl methyl sites for hydroxylation is 2. The van der Waals surface area contributed by atoms with Gasteiger partial charge in [0.25, 0.3) is 0 Å². The number of anilines is 1. The predicted molar refractivity (Wildman–Crippen MR) is 87.3 cm³/mol. The molecule has 6 heteroatoms. The molecule has 1 heterocycles. The number of aromatic nitrogens is 1. The lowest BCUT2D eigenvalue weighted by Crippen LogP contribution is -2.34. The second-order valence-electron chi connectivity index (χ2n) is 5.52. The van der Waals surface area contributed by atoms with Crippen LogP contribution in [0.2, 0.25) is 0 Å². The standard InChI is InChI=1S/C15H27N5O/c1-6-7-20(9-8-19(4)5)13-10-11(2)17-12(3)14(13)15(16)18-21/h10,21H,6-9H2,1-5H3,(H2,16,18). The van der Waals surface area contributed by atoms with Crippen molar-refractivity contribution in [2.75, 3.05) is 38.6 Å². The molecule has 6 nitrogen and oxygen atoms in total. The van der Waals surface area contributed by atoms with Crippen LogP contribution in [0.15, 0.2) is 11.2 Å². The number of rotatable bonds is 7. The highest BCUT2D eigenvalue weighted by molar-refractivity contribution is 6.03. The van der Waals surface area contributed by atoms with E-state index in [2.05, 4.69) is 41.0 Å². The molecule has 0 saturated heterocycles. The molecular formula is C15H27N5O. The van der Waals surface area contributed by atoms with E-state index in [1.807, 2.05) is 19.9 Å². The number of hydrogen-bond acceptors (Lipinski definition) is 5. The van der Waals surface area contributed by atoms with E-state index in [0.29, 0.717) is 0 Å². The lowest BCUT2D eigenvalue weighted by molar-refractivity contribution is 0.318. The van der Waals surface area contributed by atoms with Crippen LogP contribution in [0, 0.1) is 13.8 Å². The van der Waals surface area contributed by atoms with Gasteiger partial charge in [-0.25, -0.2) is 0 Å². The van der Waals surface area contributed by atoms with Gasteiger partial charge < -0.3 is 20.7 Å². The Balaban J connectivity index is 3.27. The van der Waals surface area contributed by atoms with E-state index < -0.39 is 0 Å². The lowest BCUT2D eigenvalue weighted by atomic mass is 10.1. The van der Waals surface area contributed by atoms with Gasteiger partial charge in [-0.2, -0.15) is 0 Å². The summed E-state index contributed by atoms with van der Waals surface area (Å²) in [5.74, 6) is 0.112. The number of nitrogens with zero attached hydrogens (tertiary/aromatic N) is 4. The Bertz CT molecular complexity index is 499. The first kappa shape index (κ1) is 17.2. The van der Waals surface area contributed by atoms with Crippen molar-refractivity contribution in [1.29, 1.82) is 0 Å². The Morgan fingerprint density at radius 3 is 2.48 bits per heavy atom. The molecule has 0 fully saturated rings. The van der Waals surface area contributed by atoms with E-state index in [9.17, 15) is 0 Å².